The van der Waals surface area contributed by atoms with E-state index < -0.39 is 6.09 Å². The molecule has 3 heteroatoms. The molecule has 0 saturated carbocycles. The highest BCUT2D eigenvalue weighted by Crippen LogP contribution is 2.29. The number of carbonyl (C=O) groups is 1. The first-order valence-electron chi connectivity index (χ1n) is 5.88. The van der Waals surface area contributed by atoms with Crippen LogP contribution in [0, 0.1) is 0 Å². The number of para-hydroxylation sites is 1. The molecule has 0 aliphatic carbocycles. The second kappa shape index (κ2) is 5.21. The number of rotatable bonds is 2. The van der Waals surface area contributed by atoms with E-state index in [-0.39, 0.29) is 11.5 Å². The van der Waals surface area contributed by atoms with Crippen molar-refractivity contribution in [2.24, 2.45) is 0 Å². The molecular formula is C14H21NO2. The van der Waals surface area contributed by atoms with Gasteiger partial charge in [-0.2, -0.15) is 0 Å². The molecular weight excluding hydrogens is 214 g/mol. The number of nitrogens with one attached hydrogen (secondary N) is 1. The van der Waals surface area contributed by atoms with Gasteiger partial charge in [0.05, 0.1) is 6.10 Å². The quantitative estimate of drug-likeness (QED) is 0.843. The lowest BCUT2D eigenvalue weighted by Gasteiger charge is -2.23. The molecule has 1 rings (SSSR count). The van der Waals surface area contributed by atoms with Gasteiger partial charge in [0, 0.05) is 5.69 Å². The van der Waals surface area contributed by atoms with Gasteiger partial charge < -0.3 is 4.74 Å². The lowest BCUT2D eigenvalue weighted by Crippen LogP contribution is -2.21. The van der Waals surface area contributed by atoms with Crippen molar-refractivity contribution in [1.82, 2.24) is 0 Å². The van der Waals surface area contributed by atoms with E-state index >= 15 is 0 Å². The molecule has 0 unspecified atom stereocenters. The third-order valence-corrected chi connectivity index (χ3v) is 2.31. The number of hydrogen-bond donors (Lipinski definition) is 1. The maximum Gasteiger partial charge on any atom is 0.411 e. The number of carbonyl (C=O) groups excluding carboxylic acids is 1. The van der Waals surface area contributed by atoms with E-state index in [2.05, 4.69) is 26.1 Å². The minimum atomic E-state index is -0.406. The van der Waals surface area contributed by atoms with Crippen LogP contribution in [0.5, 0.6) is 0 Å². The van der Waals surface area contributed by atoms with Gasteiger partial charge in [0.25, 0.3) is 0 Å². The average Bonchev–Trinajstić information content (AvgIpc) is 2.15. The van der Waals surface area contributed by atoms with Crippen LogP contribution in [0.4, 0.5) is 10.5 Å². The summed E-state index contributed by atoms with van der Waals surface area (Å²) in [6, 6.07) is 7.78. The predicted octanol–water partition coefficient (Wildman–Crippen LogP) is 3.94. The van der Waals surface area contributed by atoms with Gasteiger partial charge in [-0.1, -0.05) is 39.0 Å². The highest BCUT2D eigenvalue weighted by Gasteiger charge is 2.18. The van der Waals surface area contributed by atoms with Crippen LogP contribution in [0.15, 0.2) is 24.3 Å². The molecule has 0 saturated heterocycles. The van der Waals surface area contributed by atoms with E-state index in [1.165, 1.54) is 0 Å². The fraction of sp³-hybridized carbons (Fsp3) is 0.500. The highest BCUT2D eigenvalue weighted by atomic mass is 16.6. The maximum absolute atomic E-state index is 11.6. The summed E-state index contributed by atoms with van der Waals surface area (Å²) >= 11 is 0. The van der Waals surface area contributed by atoms with Crippen LogP contribution in [0.1, 0.15) is 40.2 Å². The molecule has 0 aromatic heterocycles. The number of hydrogen-bond acceptors (Lipinski definition) is 2. The van der Waals surface area contributed by atoms with Crippen LogP contribution in [0.2, 0.25) is 0 Å². The molecule has 1 amide bonds. The second-order valence-corrected chi connectivity index (χ2v) is 5.37. The Morgan fingerprint density at radius 1 is 1.24 bits per heavy atom. The van der Waals surface area contributed by atoms with Gasteiger partial charge >= 0.3 is 6.09 Å². The SMILES string of the molecule is CC(C)OC(=O)Nc1ccccc1C(C)(C)C. The molecule has 0 spiro atoms. The Labute approximate surface area is 103 Å². The number of amides is 1. The topological polar surface area (TPSA) is 38.3 Å². The summed E-state index contributed by atoms with van der Waals surface area (Å²) in [6.45, 7) is 9.99. The van der Waals surface area contributed by atoms with Crippen molar-refractivity contribution in [3.63, 3.8) is 0 Å². The van der Waals surface area contributed by atoms with Crippen molar-refractivity contribution in [2.75, 3.05) is 5.32 Å². The Morgan fingerprint density at radius 2 is 1.82 bits per heavy atom. The van der Waals surface area contributed by atoms with Gasteiger partial charge in [0.15, 0.2) is 0 Å². The molecule has 1 aromatic carbocycles. The smallest absolute Gasteiger partial charge is 0.411 e. The normalized spacial score (nSPS) is 11.4. The third-order valence-electron chi connectivity index (χ3n) is 2.31. The molecule has 1 aromatic rings. The minimum absolute atomic E-state index is 0.0122. The van der Waals surface area contributed by atoms with Crippen molar-refractivity contribution in [3.8, 4) is 0 Å². The second-order valence-electron chi connectivity index (χ2n) is 5.37. The molecule has 17 heavy (non-hydrogen) atoms. The van der Waals surface area contributed by atoms with Crippen LogP contribution < -0.4 is 5.32 Å². The first-order chi connectivity index (χ1) is 7.80. The minimum Gasteiger partial charge on any atom is -0.447 e. The van der Waals surface area contributed by atoms with Crippen LogP contribution in [-0.2, 0) is 10.2 Å². The molecule has 0 bridgehead atoms. The predicted molar refractivity (Wildman–Crippen MR) is 70.4 cm³/mol. The lowest BCUT2D eigenvalue weighted by atomic mass is 9.86. The van der Waals surface area contributed by atoms with E-state index in [1.54, 1.807) is 0 Å². The van der Waals surface area contributed by atoms with Crippen LogP contribution in [-0.4, -0.2) is 12.2 Å². The van der Waals surface area contributed by atoms with Gasteiger partial charge in [-0.15, -0.1) is 0 Å². The maximum atomic E-state index is 11.6. The summed E-state index contributed by atoms with van der Waals surface area (Å²) in [4.78, 5) is 11.6. The Hall–Kier alpha value is -1.51. The number of benzene rings is 1. The van der Waals surface area contributed by atoms with Gasteiger partial charge in [0.2, 0.25) is 0 Å². The first kappa shape index (κ1) is 13.6. The third kappa shape index (κ3) is 4.10. The van der Waals surface area contributed by atoms with Crippen LogP contribution >= 0.6 is 0 Å². The van der Waals surface area contributed by atoms with E-state index in [0.717, 1.165) is 11.3 Å². The fourth-order valence-electron chi connectivity index (χ4n) is 1.60. The van der Waals surface area contributed by atoms with E-state index in [0.29, 0.717) is 0 Å². The van der Waals surface area contributed by atoms with Crippen molar-refractivity contribution in [3.05, 3.63) is 29.8 Å². The largest absolute Gasteiger partial charge is 0.447 e. The average molecular weight is 235 g/mol. The Kier molecular flexibility index (Phi) is 4.16. The Morgan fingerprint density at radius 3 is 2.35 bits per heavy atom. The molecule has 94 valence electrons. The zero-order valence-electron chi connectivity index (χ0n) is 11.2. The molecule has 0 heterocycles. The van der Waals surface area contributed by atoms with Crippen LogP contribution in [0.25, 0.3) is 0 Å². The van der Waals surface area contributed by atoms with Crippen molar-refractivity contribution < 1.29 is 9.53 Å². The van der Waals surface area contributed by atoms with Crippen molar-refractivity contribution >= 4 is 11.8 Å². The van der Waals surface area contributed by atoms with Gasteiger partial charge in [-0.05, 0) is 30.9 Å². The fourth-order valence-corrected chi connectivity index (χ4v) is 1.60. The summed E-state index contributed by atoms with van der Waals surface area (Å²) in [5, 5.41) is 2.79. The van der Waals surface area contributed by atoms with Gasteiger partial charge in [-0.3, -0.25) is 5.32 Å². The summed E-state index contributed by atoms with van der Waals surface area (Å²) in [7, 11) is 0. The van der Waals surface area contributed by atoms with Gasteiger partial charge in [0.1, 0.15) is 0 Å². The van der Waals surface area contributed by atoms with E-state index in [9.17, 15) is 4.79 Å². The molecule has 0 radical (unpaired) electrons. The highest BCUT2D eigenvalue weighted by molar-refractivity contribution is 5.86. The van der Waals surface area contributed by atoms with E-state index in [1.807, 2.05) is 38.1 Å². The van der Waals surface area contributed by atoms with Crippen LogP contribution in [0.3, 0.4) is 0 Å². The molecule has 0 aliphatic rings. The Bertz CT molecular complexity index is 391. The van der Waals surface area contributed by atoms with Gasteiger partial charge in [-0.25, -0.2) is 4.79 Å². The zero-order valence-corrected chi connectivity index (χ0v) is 11.2. The van der Waals surface area contributed by atoms with Crippen molar-refractivity contribution in [1.29, 1.82) is 0 Å². The first-order valence-corrected chi connectivity index (χ1v) is 5.88. The van der Waals surface area contributed by atoms with Crippen molar-refractivity contribution in [2.45, 2.75) is 46.1 Å². The molecule has 3 nitrogen and oxygen atoms in total. The molecule has 0 fully saturated rings. The van der Waals surface area contributed by atoms with E-state index in [4.69, 9.17) is 4.74 Å². The molecule has 1 N–H and O–H groups in total. The summed E-state index contributed by atoms with van der Waals surface area (Å²) in [6.07, 6.45) is -0.520. The summed E-state index contributed by atoms with van der Waals surface area (Å²) in [5.74, 6) is 0. The monoisotopic (exact) mass is 235 g/mol. The summed E-state index contributed by atoms with van der Waals surface area (Å²) < 4.78 is 5.07. The lowest BCUT2D eigenvalue weighted by molar-refractivity contribution is 0.130. The Balaban J connectivity index is 2.88. The molecule has 0 atom stereocenters. The molecule has 0 aliphatic heterocycles. The standard InChI is InChI=1S/C14H21NO2/c1-10(2)17-13(16)15-12-9-7-6-8-11(12)14(3,4)5/h6-10H,1-5H3,(H,15,16). The summed E-state index contributed by atoms with van der Waals surface area (Å²) in [5.41, 5.74) is 1.90. The number of anilines is 1. The number of ether oxygens (including phenoxy) is 1. The zero-order chi connectivity index (χ0) is 13.1.